The molecular weight excluding hydrogens is 344 g/mol. The van der Waals surface area contributed by atoms with Crippen LogP contribution in [0.4, 0.5) is 0 Å². The first-order valence-electron chi connectivity index (χ1n) is 9.40. The van der Waals surface area contributed by atoms with E-state index in [0.717, 1.165) is 36.3 Å². The highest BCUT2D eigenvalue weighted by molar-refractivity contribution is 5.93. The first kappa shape index (κ1) is 17.7. The van der Waals surface area contributed by atoms with E-state index in [0.29, 0.717) is 30.3 Å². The maximum atomic E-state index is 12.9. The monoisotopic (exact) mass is 368 g/mol. The molecule has 4 heterocycles. The Labute approximate surface area is 157 Å². The van der Waals surface area contributed by atoms with Crippen molar-refractivity contribution in [2.45, 2.75) is 33.2 Å². The fourth-order valence-corrected chi connectivity index (χ4v) is 3.62. The summed E-state index contributed by atoms with van der Waals surface area (Å²) in [4.78, 5) is 19.1. The zero-order valence-electron chi connectivity index (χ0n) is 15.7. The molecule has 1 fully saturated rings. The number of carbonyl (C=O) groups excluding carboxylic acids is 1. The van der Waals surface area contributed by atoms with E-state index in [2.05, 4.69) is 15.2 Å². The molecule has 0 bridgehead atoms. The Morgan fingerprint density at radius 3 is 2.74 bits per heavy atom. The number of rotatable bonds is 4. The van der Waals surface area contributed by atoms with Crippen LogP contribution < -0.4 is 0 Å². The lowest BCUT2D eigenvalue weighted by Crippen LogP contribution is -2.39. The third-order valence-electron chi connectivity index (χ3n) is 5.28. The van der Waals surface area contributed by atoms with Gasteiger partial charge in [0.2, 0.25) is 0 Å². The smallest absolute Gasteiger partial charge is 0.274 e. The van der Waals surface area contributed by atoms with Crippen LogP contribution in [0.5, 0.6) is 0 Å². The average Bonchev–Trinajstić information content (AvgIpc) is 3.30. The fraction of sp³-hybridized carbons (Fsp3) is 0.474. The van der Waals surface area contributed by atoms with Crippen LogP contribution >= 0.6 is 0 Å². The summed E-state index contributed by atoms with van der Waals surface area (Å²) in [6.45, 7) is 6.30. The normalized spacial score (nSPS) is 15.6. The van der Waals surface area contributed by atoms with Gasteiger partial charge in [0.15, 0.2) is 11.3 Å². The number of amides is 1. The van der Waals surface area contributed by atoms with Crippen molar-refractivity contribution in [3.05, 3.63) is 35.9 Å². The van der Waals surface area contributed by atoms with Gasteiger partial charge in [-0.25, -0.2) is 9.50 Å². The second-order valence-electron chi connectivity index (χ2n) is 7.03. The molecular formula is C19H24N6O2. The van der Waals surface area contributed by atoms with Crippen molar-refractivity contribution in [3.8, 4) is 11.3 Å². The Morgan fingerprint density at radius 2 is 2.07 bits per heavy atom. The van der Waals surface area contributed by atoms with Gasteiger partial charge in [-0.05, 0) is 38.7 Å². The van der Waals surface area contributed by atoms with Gasteiger partial charge in [0.1, 0.15) is 0 Å². The standard InChI is InChI=1S/C19H24N6O2/c1-3-24-11-15(13(2)21-24)17-4-7-20-18-10-16(22-25(17)18)19(27)23-8-5-14(12-26)6-9-23/h4,7,10-11,14,26H,3,5-6,8-9,12H2,1-2H3. The van der Waals surface area contributed by atoms with E-state index >= 15 is 0 Å². The number of nitrogens with zero attached hydrogens (tertiary/aromatic N) is 6. The molecule has 8 nitrogen and oxygen atoms in total. The summed E-state index contributed by atoms with van der Waals surface area (Å²) >= 11 is 0. The van der Waals surface area contributed by atoms with E-state index in [-0.39, 0.29) is 12.5 Å². The van der Waals surface area contributed by atoms with Crippen molar-refractivity contribution in [3.63, 3.8) is 0 Å². The van der Waals surface area contributed by atoms with Crippen molar-refractivity contribution >= 4 is 11.6 Å². The zero-order chi connectivity index (χ0) is 19.0. The van der Waals surface area contributed by atoms with Crippen molar-refractivity contribution in [1.82, 2.24) is 29.3 Å². The molecule has 0 aromatic carbocycles. The number of aromatic nitrogens is 5. The van der Waals surface area contributed by atoms with Gasteiger partial charge in [-0.3, -0.25) is 9.48 Å². The van der Waals surface area contributed by atoms with Gasteiger partial charge in [-0.1, -0.05) is 0 Å². The number of carbonyl (C=O) groups is 1. The average molecular weight is 368 g/mol. The van der Waals surface area contributed by atoms with Crippen LogP contribution in [-0.4, -0.2) is 60.0 Å². The lowest BCUT2D eigenvalue weighted by Gasteiger charge is -2.30. The largest absolute Gasteiger partial charge is 0.396 e. The summed E-state index contributed by atoms with van der Waals surface area (Å²) < 4.78 is 3.61. The summed E-state index contributed by atoms with van der Waals surface area (Å²) in [5, 5.41) is 18.3. The van der Waals surface area contributed by atoms with Crippen LogP contribution in [0.15, 0.2) is 24.5 Å². The second kappa shape index (κ2) is 7.11. The molecule has 8 heteroatoms. The van der Waals surface area contributed by atoms with Crippen LogP contribution in [0.25, 0.3) is 16.9 Å². The SMILES string of the molecule is CCn1cc(-c2ccnc3cc(C(=O)N4CCC(CO)CC4)nn23)c(C)n1. The van der Waals surface area contributed by atoms with Gasteiger partial charge in [-0.2, -0.15) is 10.2 Å². The van der Waals surface area contributed by atoms with Crippen molar-refractivity contribution < 1.29 is 9.90 Å². The Balaban J connectivity index is 1.67. The highest BCUT2D eigenvalue weighted by atomic mass is 16.3. The predicted molar refractivity (Wildman–Crippen MR) is 100 cm³/mol. The third-order valence-corrected chi connectivity index (χ3v) is 5.28. The topological polar surface area (TPSA) is 88.5 Å². The van der Waals surface area contributed by atoms with Gasteiger partial charge in [-0.15, -0.1) is 0 Å². The minimum absolute atomic E-state index is 0.0798. The van der Waals surface area contributed by atoms with Gasteiger partial charge in [0, 0.05) is 50.3 Å². The molecule has 0 radical (unpaired) electrons. The molecule has 4 rings (SSSR count). The summed E-state index contributed by atoms with van der Waals surface area (Å²) in [6, 6.07) is 3.63. The van der Waals surface area contributed by atoms with Crippen LogP contribution in [0.1, 0.15) is 35.9 Å². The molecule has 1 aliphatic heterocycles. The highest BCUT2D eigenvalue weighted by Crippen LogP contribution is 2.24. The number of fused-ring (bicyclic) bond motifs is 1. The lowest BCUT2D eigenvalue weighted by atomic mass is 9.98. The van der Waals surface area contributed by atoms with Gasteiger partial charge >= 0.3 is 0 Å². The maximum absolute atomic E-state index is 12.9. The molecule has 3 aromatic heterocycles. The molecule has 0 spiro atoms. The number of aliphatic hydroxyl groups is 1. The van der Waals surface area contributed by atoms with E-state index in [4.69, 9.17) is 0 Å². The maximum Gasteiger partial charge on any atom is 0.274 e. The summed E-state index contributed by atoms with van der Waals surface area (Å²) in [5.41, 5.74) is 3.81. The van der Waals surface area contributed by atoms with Crippen LogP contribution in [-0.2, 0) is 6.54 Å². The summed E-state index contributed by atoms with van der Waals surface area (Å²) in [7, 11) is 0. The first-order valence-corrected chi connectivity index (χ1v) is 9.40. The Kier molecular flexibility index (Phi) is 4.65. The molecule has 0 saturated carbocycles. The zero-order valence-corrected chi connectivity index (χ0v) is 15.7. The minimum atomic E-state index is -0.0798. The Morgan fingerprint density at radius 1 is 1.30 bits per heavy atom. The number of piperidine rings is 1. The minimum Gasteiger partial charge on any atom is -0.396 e. The predicted octanol–water partition coefficient (Wildman–Crippen LogP) is 1.77. The molecule has 1 amide bonds. The first-order chi connectivity index (χ1) is 13.1. The van der Waals surface area contributed by atoms with Crippen LogP contribution in [0.2, 0.25) is 0 Å². The molecule has 1 N–H and O–H groups in total. The van der Waals surface area contributed by atoms with Crippen LogP contribution in [0.3, 0.4) is 0 Å². The fourth-order valence-electron chi connectivity index (χ4n) is 3.62. The molecule has 1 aliphatic rings. The Bertz CT molecular complexity index is 968. The van der Waals surface area contributed by atoms with Crippen molar-refractivity contribution in [2.75, 3.05) is 19.7 Å². The number of hydrogen-bond donors (Lipinski definition) is 1. The lowest BCUT2D eigenvalue weighted by molar-refractivity contribution is 0.0645. The quantitative estimate of drug-likeness (QED) is 0.758. The molecule has 1 saturated heterocycles. The van der Waals surface area contributed by atoms with E-state index in [1.54, 1.807) is 16.8 Å². The van der Waals surface area contributed by atoms with Crippen molar-refractivity contribution in [2.24, 2.45) is 5.92 Å². The number of likely N-dealkylation sites (tertiary alicyclic amines) is 1. The Hall–Kier alpha value is -2.74. The molecule has 3 aromatic rings. The third kappa shape index (κ3) is 3.21. The van der Waals surface area contributed by atoms with Gasteiger partial charge < -0.3 is 10.0 Å². The molecule has 0 unspecified atom stereocenters. The number of aryl methyl sites for hydroxylation is 2. The van der Waals surface area contributed by atoms with Crippen molar-refractivity contribution in [1.29, 1.82) is 0 Å². The van der Waals surface area contributed by atoms with Crippen LogP contribution in [0, 0.1) is 12.8 Å². The highest BCUT2D eigenvalue weighted by Gasteiger charge is 2.25. The molecule has 0 aliphatic carbocycles. The van der Waals surface area contributed by atoms with E-state index in [1.807, 2.05) is 35.7 Å². The summed E-state index contributed by atoms with van der Waals surface area (Å²) in [6.07, 6.45) is 5.38. The number of aliphatic hydroxyl groups excluding tert-OH is 1. The van der Waals surface area contributed by atoms with Gasteiger partial charge in [0.25, 0.3) is 5.91 Å². The number of hydrogen-bond acceptors (Lipinski definition) is 5. The molecule has 0 atom stereocenters. The molecule has 142 valence electrons. The van der Waals surface area contributed by atoms with E-state index < -0.39 is 0 Å². The second-order valence-corrected chi connectivity index (χ2v) is 7.03. The van der Waals surface area contributed by atoms with E-state index in [1.165, 1.54) is 0 Å². The van der Waals surface area contributed by atoms with Gasteiger partial charge in [0.05, 0.1) is 11.4 Å². The molecule has 27 heavy (non-hydrogen) atoms. The summed E-state index contributed by atoms with van der Waals surface area (Å²) in [5.74, 6) is 0.213. The van der Waals surface area contributed by atoms with E-state index in [9.17, 15) is 9.90 Å².